The lowest BCUT2D eigenvalue weighted by atomic mass is 9.92. The molecular weight excluding hydrogens is 164 g/mol. The summed E-state index contributed by atoms with van der Waals surface area (Å²) in [5.41, 5.74) is 0. The summed E-state index contributed by atoms with van der Waals surface area (Å²) in [5, 5.41) is 9.63. The maximum Gasteiger partial charge on any atom is 0.142 e. The molecule has 0 aliphatic heterocycles. The van der Waals surface area contributed by atoms with Crippen LogP contribution >= 0.6 is 0 Å². The summed E-state index contributed by atoms with van der Waals surface area (Å²) in [4.78, 5) is 9.97. The minimum atomic E-state index is -0.321. The second kappa shape index (κ2) is 6.84. The summed E-state index contributed by atoms with van der Waals surface area (Å²) >= 11 is 0. The molecule has 0 bridgehead atoms. The Hall–Kier alpha value is -0.630. The summed E-state index contributed by atoms with van der Waals surface area (Å²) in [6.07, 6.45) is 5.17. The number of carbonyl (C=O) groups is 1. The number of aliphatic hydroxyl groups is 1. The van der Waals surface area contributed by atoms with Gasteiger partial charge in [-0.3, -0.25) is 4.79 Å². The van der Waals surface area contributed by atoms with Crippen molar-refractivity contribution in [3.63, 3.8) is 0 Å². The van der Waals surface area contributed by atoms with Crippen LogP contribution in [0.4, 0.5) is 0 Å². The molecule has 76 valence electrons. The summed E-state index contributed by atoms with van der Waals surface area (Å²) in [6, 6.07) is 0. The Labute approximate surface area is 80.7 Å². The Kier molecular flexibility index (Phi) is 6.51. The Morgan fingerprint density at radius 1 is 1.31 bits per heavy atom. The Morgan fingerprint density at radius 2 is 1.92 bits per heavy atom. The van der Waals surface area contributed by atoms with E-state index in [4.69, 9.17) is 0 Å². The number of aldehydes is 1. The van der Waals surface area contributed by atoms with Gasteiger partial charge in [-0.2, -0.15) is 0 Å². The highest BCUT2D eigenvalue weighted by atomic mass is 16.3. The van der Waals surface area contributed by atoms with Crippen molar-refractivity contribution in [2.45, 2.75) is 39.7 Å². The van der Waals surface area contributed by atoms with E-state index in [1.54, 1.807) is 6.08 Å². The van der Waals surface area contributed by atoms with E-state index in [-0.39, 0.29) is 6.10 Å². The van der Waals surface area contributed by atoms with Crippen molar-refractivity contribution in [1.82, 2.24) is 0 Å². The van der Waals surface area contributed by atoms with Crippen LogP contribution in [0.3, 0.4) is 0 Å². The van der Waals surface area contributed by atoms with Crippen molar-refractivity contribution in [3.8, 4) is 0 Å². The van der Waals surface area contributed by atoms with E-state index in [0.717, 1.165) is 12.7 Å². The molecule has 0 amide bonds. The number of aliphatic hydroxyl groups excluding tert-OH is 1. The Morgan fingerprint density at radius 3 is 2.38 bits per heavy atom. The molecule has 0 saturated carbocycles. The lowest BCUT2D eigenvalue weighted by Gasteiger charge is -2.18. The van der Waals surface area contributed by atoms with Crippen LogP contribution in [0.25, 0.3) is 0 Å². The minimum absolute atomic E-state index is 0.302. The standard InChI is InChI=1S/C11H20O2/c1-9(2)8-10(3)11(13)6-4-5-7-12/h4-5,7,9-11,13H,6,8H2,1-3H3. The highest BCUT2D eigenvalue weighted by Gasteiger charge is 2.13. The van der Waals surface area contributed by atoms with Crippen molar-refractivity contribution >= 4 is 6.29 Å². The van der Waals surface area contributed by atoms with Gasteiger partial charge in [0.05, 0.1) is 6.10 Å². The van der Waals surface area contributed by atoms with Gasteiger partial charge in [0.25, 0.3) is 0 Å². The molecule has 2 heteroatoms. The fourth-order valence-electron chi connectivity index (χ4n) is 1.41. The molecule has 0 rings (SSSR count). The van der Waals surface area contributed by atoms with Crippen LogP contribution in [0, 0.1) is 11.8 Å². The zero-order valence-corrected chi connectivity index (χ0v) is 8.73. The lowest BCUT2D eigenvalue weighted by Crippen LogP contribution is -2.18. The molecule has 0 fully saturated rings. The van der Waals surface area contributed by atoms with Crippen molar-refractivity contribution in [2.75, 3.05) is 0 Å². The van der Waals surface area contributed by atoms with E-state index in [1.165, 1.54) is 6.08 Å². The Bertz CT molecular complexity index is 161. The third-order valence-electron chi connectivity index (χ3n) is 2.09. The van der Waals surface area contributed by atoms with Crippen LogP contribution < -0.4 is 0 Å². The quantitative estimate of drug-likeness (QED) is 0.507. The second-order valence-electron chi connectivity index (χ2n) is 3.97. The first-order valence-corrected chi connectivity index (χ1v) is 4.86. The molecule has 0 heterocycles. The van der Waals surface area contributed by atoms with E-state index in [1.807, 2.05) is 6.92 Å². The summed E-state index contributed by atoms with van der Waals surface area (Å²) in [6.45, 7) is 6.33. The molecule has 0 spiro atoms. The van der Waals surface area contributed by atoms with Crippen molar-refractivity contribution in [3.05, 3.63) is 12.2 Å². The van der Waals surface area contributed by atoms with E-state index < -0.39 is 0 Å². The molecule has 2 atom stereocenters. The first-order valence-electron chi connectivity index (χ1n) is 4.86. The van der Waals surface area contributed by atoms with Crippen LogP contribution in [0.2, 0.25) is 0 Å². The summed E-state index contributed by atoms with van der Waals surface area (Å²) < 4.78 is 0. The van der Waals surface area contributed by atoms with Crippen molar-refractivity contribution < 1.29 is 9.90 Å². The number of rotatable bonds is 6. The van der Waals surface area contributed by atoms with Gasteiger partial charge >= 0.3 is 0 Å². The normalized spacial score (nSPS) is 16.4. The lowest BCUT2D eigenvalue weighted by molar-refractivity contribution is -0.104. The fourth-order valence-corrected chi connectivity index (χ4v) is 1.41. The van der Waals surface area contributed by atoms with Gasteiger partial charge in [0.15, 0.2) is 0 Å². The topological polar surface area (TPSA) is 37.3 Å². The highest BCUT2D eigenvalue weighted by Crippen LogP contribution is 2.17. The maximum atomic E-state index is 9.97. The van der Waals surface area contributed by atoms with Crippen LogP contribution in [0.15, 0.2) is 12.2 Å². The van der Waals surface area contributed by atoms with E-state index in [0.29, 0.717) is 18.3 Å². The van der Waals surface area contributed by atoms with Crippen molar-refractivity contribution in [1.29, 1.82) is 0 Å². The average Bonchev–Trinajstić information content (AvgIpc) is 2.03. The molecule has 0 radical (unpaired) electrons. The van der Waals surface area contributed by atoms with Gasteiger partial charge in [0, 0.05) is 0 Å². The van der Waals surface area contributed by atoms with Crippen LogP contribution in [0.1, 0.15) is 33.6 Å². The smallest absolute Gasteiger partial charge is 0.142 e. The minimum Gasteiger partial charge on any atom is -0.393 e. The second-order valence-corrected chi connectivity index (χ2v) is 3.97. The number of allylic oxidation sites excluding steroid dienone is 1. The average molecular weight is 184 g/mol. The van der Waals surface area contributed by atoms with Gasteiger partial charge in [0.2, 0.25) is 0 Å². The zero-order valence-electron chi connectivity index (χ0n) is 8.73. The van der Waals surface area contributed by atoms with Gasteiger partial charge in [-0.05, 0) is 30.8 Å². The molecule has 0 aromatic carbocycles. The SMILES string of the molecule is CC(C)CC(C)C(O)CC=CC=O. The monoisotopic (exact) mass is 184 g/mol. The van der Waals surface area contributed by atoms with Gasteiger partial charge in [-0.15, -0.1) is 0 Å². The van der Waals surface area contributed by atoms with Crippen LogP contribution in [-0.2, 0) is 4.79 Å². The van der Waals surface area contributed by atoms with Crippen LogP contribution in [-0.4, -0.2) is 17.5 Å². The molecule has 0 aliphatic carbocycles. The number of hydrogen-bond acceptors (Lipinski definition) is 2. The highest BCUT2D eigenvalue weighted by molar-refractivity contribution is 5.64. The summed E-state index contributed by atoms with van der Waals surface area (Å²) in [7, 11) is 0. The number of carbonyl (C=O) groups excluding carboxylic acids is 1. The molecule has 2 unspecified atom stereocenters. The summed E-state index contributed by atoms with van der Waals surface area (Å²) in [5.74, 6) is 0.913. The van der Waals surface area contributed by atoms with Crippen molar-refractivity contribution in [2.24, 2.45) is 11.8 Å². The predicted molar refractivity (Wildman–Crippen MR) is 54.4 cm³/mol. The molecule has 13 heavy (non-hydrogen) atoms. The first-order chi connectivity index (χ1) is 6.07. The third-order valence-corrected chi connectivity index (χ3v) is 2.09. The molecule has 1 N–H and O–H groups in total. The fraction of sp³-hybridized carbons (Fsp3) is 0.727. The van der Waals surface area contributed by atoms with Gasteiger partial charge in [0.1, 0.15) is 6.29 Å². The van der Waals surface area contributed by atoms with E-state index in [9.17, 15) is 9.90 Å². The predicted octanol–water partition coefficient (Wildman–Crippen LogP) is 2.17. The first kappa shape index (κ1) is 12.4. The molecule has 2 nitrogen and oxygen atoms in total. The number of hydrogen-bond donors (Lipinski definition) is 1. The largest absolute Gasteiger partial charge is 0.393 e. The maximum absolute atomic E-state index is 9.97. The third kappa shape index (κ3) is 6.52. The van der Waals surface area contributed by atoms with Crippen LogP contribution in [0.5, 0.6) is 0 Å². The van der Waals surface area contributed by atoms with E-state index in [2.05, 4.69) is 13.8 Å². The molecular formula is C11H20O2. The van der Waals surface area contributed by atoms with Gasteiger partial charge in [-0.1, -0.05) is 26.8 Å². The molecule has 0 aromatic rings. The van der Waals surface area contributed by atoms with Gasteiger partial charge in [-0.25, -0.2) is 0 Å². The van der Waals surface area contributed by atoms with E-state index >= 15 is 0 Å². The Balaban J connectivity index is 3.74. The molecule has 0 saturated heterocycles. The van der Waals surface area contributed by atoms with Gasteiger partial charge < -0.3 is 5.11 Å². The molecule has 0 aliphatic rings. The molecule has 0 aromatic heterocycles. The zero-order chi connectivity index (χ0) is 10.3.